The van der Waals surface area contributed by atoms with Gasteiger partial charge in [0.05, 0.1) is 4.90 Å². The highest BCUT2D eigenvalue weighted by Crippen LogP contribution is 2.09. The lowest BCUT2D eigenvalue weighted by Gasteiger charge is -2.08. The zero-order valence-corrected chi connectivity index (χ0v) is 14.8. The maximum atomic E-state index is 13.0. The number of hydrogen-bond acceptors (Lipinski definition) is 3. The topological polar surface area (TPSA) is 75.3 Å². The first-order valence-corrected chi connectivity index (χ1v) is 9.42. The molecule has 2 aromatic rings. The van der Waals surface area contributed by atoms with Crippen LogP contribution in [0.25, 0.3) is 0 Å². The van der Waals surface area contributed by atoms with Crippen molar-refractivity contribution < 1.29 is 17.6 Å². The normalized spacial score (nSPS) is 11.3. The fraction of sp³-hybridized carbons (Fsp3) is 0.278. The third kappa shape index (κ3) is 6.28. The highest BCUT2D eigenvalue weighted by molar-refractivity contribution is 7.89. The van der Waals surface area contributed by atoms with Gasteiger partial charge in [-0.05, 0) is 43.2 Å². The maximum Gasteiger partial charge on any atom is 0.240 e. The average molecular weight is 364 g/mol. The molecule has 0 radical (unpaired) electrons. The van der Waals surface area contributed by atoms with Crippen molar-refractivity contribution >= 4 is 15.9 Å². The Morgan fingerprint density at radius 3 is 2.48 bits per heavy atom. The fourth-order valence-corrected chi connectivity index (χ4v) is 3.26. The lowest BCUT2D eigenvalue weighted by molar-refractivity contribution is -0.121. The van der Waals surface area contributed by atoms with E-state index in [1.165, 1.54) is 24.3 Å². The summed E-state index contributed by atoms with van der Waals surface area (Å²) in [7, 11) is -3.58. The minimum absolute atomic E-state index is 0.0991. The third-order valence-electron chi connectivity index (χ3n) is 3.60. The molecule has 5 nitrogen and oxygen atoms in total. The van der Waals surface area contributed by atoms with Crippen LogP contribution in [-0.2, 0) is 21.2 Å². The summed E-state index contributed by atoms with van der Waals surface area (Å²) in [4.78, 5) is 11.9. The lowest BCUT2D eigenvalue weighted by atomic mass is 10.1. The molecule has 2 N–H and O–H groups in total. The number of nitrogens with one attached hydrogen (secondary N) is 2. The molecule has 2 rings (SSSR count). The van der Waals surface area contributed by atoms with Crippen LogP contribution in [0.4, 0.5) is 4.39 Å². The molecule has 0 spiro atoms. The number of sulfonamides is 1. The van der Waals surface area contributed by atoms with Crippen LogP contribution in [0.2, 0.25) is 0 Å². The van der Waals surface area contributed by atoms with Crippen molar-refractivity contribution in [2.24, 2.45) is 0 Å². The van der Waals surface area contributed by atoms with E-state index in [4.69, 9.17) is 0 Å². The number of rotatable bonds is 8. The Morgan fingerprint density at radius 1 is 1.08 bits per heavy atom. The van der Waals surface area contributed by atoms with E-state index in [-0.39, 0.29) is 36.1 Å². The minimum Gasteiger partial charge on any atom is -0.355 e. The molecule has 25 heavy (non-hydrogen) atoms. The molecule has 0 bridgehead atoms. The van der Waals surface area contributed by atoms with Gasteiger partial charge in [-0.25, -0.2) is 17.5 Å². The maximum absolute atomic E-state index is 13.0. The van der Waals surface area contributed by atoms with Crippen LogP contribution >= 0.6 is 0 Å². The number of carbonyl (C=O) groups is 1. The van der Waals surface area contributed by atoms with E-state index in [1.54, 1.807) is 24.3 Å². The zero-order valence-electron chi connectivity index (χ0n) is 14.0. The van der Waals surface area contributed by atoms with Crippen LogP contribution in [0, 0.1) is 12.7 Å². The summed E-state index contributed by atoms with van der Waals surface area (Å²) in [6, 6.07) is 12.6. The van der Waals surface area contributed by atoms with Crippen molar-refractivity contribution in [2.75, 3.05) is 13.1 Å². The second-order valence-electron chi connectivity index (χ2n) is 5.69. The van der Waals surface area contributed by atoms with Crippen LogP contribution in [0.1, 0.15) is 17.5 Å². The van der Waals surface area contributed by atoms with Gasteiger partial charge in [0.1, 0.15) is 5.82 Å². The number of aryl methyl sites for hydroxylation is 2. The zero-order chi connectivity index (χ0) is 18.3. The van der Waals surface area contributed by atoms with E-state index in [1.807, 2.05) is 6.92 Å². The molecule has 0 aliphatic heterocycles. The first-order chi connectivity index (χ1) is 11.9. The number of carbonyl (C=O) groups excluding carboxylic acids is 1. The summed E-state index contributed by atoms with van der Waals surface area (Å²) in [5.74, 6) is -0.540. The number of amides is 1. The van der Waals surface area contributed by atoms with Gasteiger partial charge in [-0.1, -0.05) is 29.8 Å². The molecule has 1 amide bonds. The quantitative estimate of drug-likeness (QED) is 0.705. The third-order valence-corrected chi connectivity index (χ3v) is 5.08. The van der Waals surface area contributed by atoms with Gasteiger partial charge in [0.2, 0.25) is 15.9 Å². The van der Waals surface area contributed by atoms with Gasteiger partial charge >= 0.3 is 0 Å². The first-order valence-electron chi connectivity index (χ1n) is 7.94. The van der Waals surface area contributed by atoms with Gasteiger partial charge in [-0.15, -0.1) is 0 Å². The summed E-state index contributed by atoms with van der Waals surface area (Å²) in [5.41, 5.74) is 1.72. The standard InChI is InChI=1S/C18H21FN2O3S/c1-14-5-8-17(9-6-14)25(23,24)21-12-11-20-18(22)10-7-15-3-2-4-16(19)13-15/h2-6,8-9,13,21H,7,10-12H2,1H3,(H,20,22). The second kappa shape index (κ2) is 8.73. The van der Waals surface area contributed by atoms with E-state index < -0.39 is 10.0 Å². The molecule has 7 heteroatoms. The second-order valence-corrected chi connectivity index (χ2v) is 7.46. The van der Waals surface area contributed by atoms with Gasteiger partial charge in [-0.2, -0.15) is 0 Å². The smallest absolute Gasteiger partial charge is 0.240 e. The van der Waals surface area contributed by atoms with Crippen molar-refractivity contribution in [1.29, 1.82) is 0 Å². The van der Waals surface area contributed by atoms with Gasteiger partial charge in [0.25, 0.3) is 0 Å². The molecule has 0 saturated carbocycles. The Morgan fingerprint density at radius 2 is 1.80 bits per heavy atom. The van der Waals surface area contributed by atoms with Crippen LogP contribution in [0.5, 0.6) is 0 Å². The first kappa shape index (κ1) is 19.1. The Kier molecular flexibility index (Phi) is 6.66. The summed E-state index contributed by atoms with van der Waals surface area (Å²) < 4.78 is 39.6. The summed E-state index contributed by atoms with van der Waals surface area (Å²) >= 11 is 0. The molecule has 0 atom stereocenters. The molecule has 134 valence electrons. The molecule has 2 aromatic carbocycles. The van der Waals surface area contributed by atoms with E-state index in [0.717, 1.165) is 11.1 Å². The Hall–Kier alpha value is -2.25. The molecular formula is C18H21FN2O3S. The van der Waals surface area contributed by atoms with E-state index in [2.05, 4.69) is 10.0 Å². The molecule has 0 saturated heterocycles. The average Bonchev–Trinajstić information content (AvgIpc) is 2.57. The molecule has 0 fully saturated rings. The predicted molar refractivity (Wildman–Crippen MR) is 94.1 cm³/mol. The minimum atomic E-state index is -3.58. The van der Waals surface area contributed by atoms with Crippen molar-refractivity contribution in [3.05, 3.63) is 65.5 Å². The van der Waals surface area contributed by atoms with E-state index in [9.17, 15) is 17.6 Å². The summed E-state index contributed by atoms with van der Waals surface area (Å²) in [6.07, 6.45) is 0.646. The highest BCUT2D eigenvalue weighted by atomic mass is 32.2. The Labute approximate surface area is 147 Å². The molecule has 0 heterocycles. The molecular weight excluding hydrogens is 343 g/mol. The van der Waals surface area contributed by atoms with Gasteiger partial charge < -0.3 is 5.32 Å². The number of hydrogen-bond donors (Lipinski definition) is 2. The molecule has 0 aliphatic carbocycles. The molecule has 0 aromatic heterocycles. The van der Waals surface area contributed by atoms with Crippen molar-refractivity contribution in [1.82, 2.24) is 10.0 Å². The Balaban J connectivity index is 1.71. The number of halogens is 1. The fourth-order valence-electron chi connectivity index (χ4n) is 2.23. The number of benzene rings is 2. The largest absolute Gasteiger partial charge is 0.355 e. The van der Waals surface area contributed by atoms with E-state index in [0.29, 0.717) is 6.42 Å². The van der Waals surface area contributed by atoms with Gasteiger partial charge in [-0.3, -0.25) is 4.79 Å². The van der Waals surface area contributed by atoms with Crippen LogP contribution in [0.15, 0.2) is 53.4 Å². The monoisotopic (exact) mass is 364 g/mol. The van der Waals surface area contributed by atoms with Gasteiger partial charge in [0, 0.05) is 19.5 Å². The highest BCUT2D eigenvalue weighted by Gasteiger charge is 2.12. The lowest BCUT2D eigenvalue weighted by Crippen LogP contribution is -2.34. The SMILES string of the molecule is Cc1ccc(S(=O)(=O)NCCNC(=O)CCc2cccc(F)c2)cc1. The van der Waals surface area contributed by atoms with Crippen LogP contribution < -0.4 is 10.0 Å². The van der Waals surface area contributed by atoms with Crippen LogP contribution in [0.3, 0.4) is 0 Å². The van der Waals surface area contributed by atoms with E-state index >= 15 is 0 Å². The van der Waals surface area contributed by atoms with Crippen molar-refractivity contribution in [3.8, 4) is 0 Å². The summed E-state index contributed by atoms with van der Waals surface area (Å²) in [5, 5.41) is 2.64. The molecule has 0 unspecified atom stereocenters. The molecule has 0 aliphatic rings. The summed E-state index contributed by atoms with van der Waals surface area (Å²) in [6.45, 7) is 2.16. The van der Waals surface area contributed by atoms with Crippen molar-refractivity contribution in [2.45, 2.75) is 24.7 Å². The van der Waals surface area contributed by atoms with Gasteiger partial charge in [0.15, 0.2) is 0 Å². The Bertz CT molecular complexity index is 820. The predicted octanol–water partition coefficient (Wildman–Crippen LogP) is 2.16. The van der Waals surface area contributed by atoms with Crippen LogP contribution in [-0.4, -0.2) is 27.4 Å². The van der Waals surface area contributed by atoms with Crippen molar-refractivity contribution in [3.63, 3.8) is 0 Å².